The van der Waals surface area contributed by atoms with Gasteiger partial charge in [0, 0.05) is 35.7 Å². The first kappa shape index (κ1) is 12.4. The molecule has 0 aromatic carbocycles. The largest absolute Gasteiger partial charge is 0.392 e. The van der Waals surface area contributed by atoms with E-state index in [4.69, 9.17) is 0 Å². The molecule has 94 valence electrons. The third-order valence-corrected chi connectivity index (χ3v) is 3.68. The SMILES string of the molecule is CCN(c1cc(C)ncc1CO)C1CCCC1. The number of aryl methyl sites for hydroxylation is 1. The van der Waals surface area contributed by atoms with Crippen LogP contribution in [0.4, 0.5) is 5.69 Å². The summed E-state index contributed by atoms with van der Waals surface area (Å²) in [5.74, 6) is 0. The molecule has 0 saturated heterocycles. The molecule has 3 nitrogen and oxygen atoms in total. The molecule has 1 saturated carbocycles. The predicted molar refractivity (Wildman–Crippen MR) is 70.2 cm³/mol. The minimum absolute atomic E-state index is 0.0752. The molecule has 1 heterocycles. The van der Waals surface area contributed by atoms with Gasteiger partial charge in [-0.2, -0.15) is 0 Å². The molecule has 0 radical (unpaired) electrons. The van der Waals surface area contributed by atoms with Crippen LogP contribution in [0.2, 0.25) is 0 Å². The number of hydrogen-bond acceptors (Lipinski definition) is 3. The van der Waals surface area contributed by atoms with Crippen molar-refractivity contribution in [1.29, 1.82) is 0 Å². The minimum atomic E-state index is 0.0752. The van der Waals surface area contributed by atoms with Gasteiger partial charge < -0.3 is 10.0 Å². The maximum absolute atomic E-state index is 9.43. The average Bonchev–Trinajstić information content (AvgIpc) is 2.84. The van der Waals surface area contributed by atoms with Crippen molar-refractivity contribution in [2.45, 2.75) is 52.2 Å². The van der Waals surface area contributed by atoms with Crippen LogP contribution in [0.15, 0.2) is 12.3 Å². The van der Waals surface area contributed by atoms with E-state index in [1.807, 2.05) is 13.1 Å². The Bertz CT molecular complexity index is 372. The number of rotatable bonds is 4. The summed E-state index contributed by atoms with van der Waals surface area (Å²) in [6.45, 7) is 5.27. The maximum atomic E-state index is 9.43. The van der Waals surface area contributed by atoms with Crippen LogP contribution in [0, 0.1) is 6.92 Å². The number of aliphatic hydroxyl groups is 1. The van der Waals surface area contributed by atoms with Gasteiger partial charge in [-0.1, -0.05) is 12.8 Å². The van der Waals surface area contributed by atoms with Crippen LogP contribution in [0.5, 0.6) is 0 Å². The van der Waals surface area contributed by atoms with Crippen LogP contribution in [0.25, 0.3) is 0 Å². The molecule has 1 N–H and O–H groups in total. The van der Waals surface area contributed by atoms with E-state index >= 15 is 0 Å². The maximum Gasteiger partial charge on any atom is 0.0717 e. The van der Waals surface area contributed by atoms with Crippen LogP contribution in [0.1, 0.15) is 43.9 Å². The first-order chi connectivity index (χ1) is 8.26. The normalized spacial score (nSPS) is 16.4. The molecule has 0 aliphatic heterocycles. The second-order valence-corrected chi connectivity index (χ2v) is 4.84. The number of hydrogen-bond donors (Lipinski definition) is 1. The summed E-state index contributed by atoms with van der Waals surface area (Å²) < 4.78 is 0. The highest BCUT2D eigenvalue weighted by Gasteiger charge is 2.23. The molecule has 1 aliphatic carbocycles. The highest BCUT2D eigenvalue weighted by molar-refractivity contribution is 5.54. The van der Waals surface area contributed by atoms with Gasteiger partial charge in [0.25, 0.3) is 0 Å². The van der Waals surface area contributed by atoms with Gasteiger partial charge in [0.2, 0.25) is 0 Å². The van der Waals surface area contributed by atoms with Crippen molar-refractivity contribution >= 4 is 5.69 Å². The lowest BCUT2D eigenvalue weighted by atomic mass is 10.1. The molecule has 1 aromatic heterocycles. The second kappa shape index (κ2) is 5.50. The summed E-state index contributed by atoms with van der Waals surface area (Å²) >= 11 is 0. The van der Waals surface area contributed by atoms with E-state index in [-0.39, 0.29) is 6.61 Å². The number of aromatic nitrogens is 1. The summed E-state index contributed by atoms with van der Waals surface area (Å²) in [6, 6.07) is 2.75. The topological polar surface area (TPSA) is 36.4 Å². The molecule has 0 bridgehead atoms. The van der Waals surface area contributed by atoms with E-state index in [9.17, 15) is 5.11 Å². The Morgan fingerprint density at radius 2 is 2.12 bits per heavy atom. The van der Waals surface area contributed by atoms with Crippen LogP contribution < -0.4 is 4.90 Å². The van der Waals surface area contributed by atoms with E-state index < -0.39 is 0 Å². The average molecular weight is 234 g/mol. The predicted octanol–water partition coefficient (Wildman–Crippen LogP) is 2.65. The zero-order valence-electron chi connectivity index (χ0n) is 10.8. The Kier molecular flexibility index (Phi) is 4.00. The highest BCUT2D eigenvalue weighted by Crippen LogP contribution is 2.30. The Morgan fingerprint density at radius 1 is 1.41 bits per heavy atom. The zero-order valence-corrected chi connectivity index (χ0v) is 10.8. The molecule has 1 fully saturated rings. The molecule has 2 rings (SSSR count). The van der Waals surface area contributed by atoms with Crippen molar-refractivity contribution in [2.24, 2.45) is 0 Å². The Hall–Kier alpha value is -1.09. The molecular weight excluding hydrogens is 212 g/mol. The summed E-state index contributed by atoms with van der Waals surface area (Å²) in [4.78, 5) is 6.70. The molecule has 0 unspecified atom stereocenters. The van der Waals surface area contributed by atoms with Crippen LogP contribution >= 0.6 is 0 Å². The van der Waals surface area contributed by atoms with Gasteiger partial charge in [0.15, 0.2) is 0 Å². The van der Waals surface area contributed by atoms with Crippen LogP contribution in [-0.2, 0) is 6.61 Å². The summed E-state index contributed by atoms with van der Waals surface area (Å²) in [7, 11) is 0. The summed E-state index contributed by atoms with van der Waals surface area (Å²) in [6.07, 6.45) is 7.03. The number of pyridine rings is 1. The fourth-order valence-electron chi connectivity index (χ4n) is 2.80. The second-order valence-electron chi connectivity index (χ2n) is 4.84. The Labute approximate surface area is 103 Å². The van der Waals surface area contributed by atoms with Crippen molar-refractivity contribution < 1.29 is 5.11 Å². The van der Waals surface area contributed by atoms with E-state index in [2.05, 4.69) is 22.9 Å². The first-order valence-electron chi connectivity index (χ1n) is 6.59. The number of aliphatic hydroxyl groups excluding tert-OH is 1. The molecule has 17 heavy (non-hydrogen) atoms. The highest BCUT2D eigenvalue weighted by atomic mass is 16.3. The van der Waals surface area contributed by atoms with Crippen molar-refractivity contribution in [1.82, 2.24) is 4.98 Å². The van der Waals surface area contributed by atoms with Crippen molar-refractivity contribution in [2.75, 3.05) is 11.4 Å². The van der Waals surface area contributed by atoms with Gasteiger partial charge in [-0.25, -0.2) is 0 Å². The fourth-order valence-corrected chi connectivity index (χ4v) is 2.80. The van der Waals surface area contributed by atoms with Crippen molar-refractivity contribution in [3.8, 4) is 0 Å². The molecule has 0 amide bonds. The molecule has 1 aliphatic rings. The molecule has 0 atom stereocenters. The monoisotopic (exact) mass is 234 g/mol. The lowest BCUT2D eigenvalue weighted by Gasteiger charge is -2.31. The van der Waals surface area contributed by atoms with E-state index in [1.54, 1.807) is 0 Å². The van der Waals surface area contributed by atoms with E-state index in [0.29, 0.717) is 6.04 Å². The van der Waals surface area contributed by atoms with Gasteiger partial charge in [0.1, 0.15) is 0 Å². The lowest BCUT2D eigenvalue weighted by Crippen LogP contribution is -2.33. The van der Waals surface area contributed by atoms with E-state index in [1.165, 1.54) is 31.4 Å². The van der Waals surface area contributed by atoms with Gasteiger partial charge in [-0.3, -0.25) is 4.98 Å². The molecule has 0 spiro atoms. The number of nitrogens with zero attached hydrogens (tertiary/aromatic N) is 2. The summed E-state index contributed by atoms with van der Waals surface area (Å²) in [5, 5.41) is 9.43. The molecule has 3 heteroatoms. The quantitative estimate of drug-likeness (QED) is 0.870. The van der Waals surface area contributed by atoms with Gasteiger partial charge in [0.05, 0.1) is 6.61 Å². The van der Waals surface area contributed by atoms with Gasteiger partial charge in [-0.15, -0.1) is 0 Å². The third-order valence-electron chi connectivity index (χ3n) is 3.68. The van der Waals surface area contributed by atoms with E-state index in [0.717, 1.165) is 17.8 Å². The van der Waals surface area contributed by atoms with Gasteiger partial charge in [-0.05, 0) is 32.8 Å². The standard InChI is InChI=1S/C14H22N2O/c1-3-16(13-6-4-5-7-13)14-8-11(2)15-9-12(14)10-17/h8-9,13,17H,3-7,10H2,1-2H3. The lowest BCUT2D eigenvalue weighted by molar-refractivity contribution is 0.281. The van der Waals surface area contributed by atoms with Crippen LogP contribution in [-0.4, -0.2) is 22.7 Å². The zero-order chi connectivity index (χ0) is 12.3. The minimum Gasteiger partial charge on any atom is -0.392 e. The number of anilines is 1. The van der Waals surface area contributed by atoms with Gasteiger partial charge >= 0.3 is 0 Å². The van der Waals surface area contributed by atoms with Crippen molar-refractivity contribution in [3.63, 3.8) is 0 Å². The smallest absolute Gasteiger partial charge is 0.0717 e. The molecule has 1 aromatic rings. The van der Waals surface area contributed by atoms with Crippen molar-refractivity contribution in [3.05, 3.63) is 23.5 Å². The Morgan fingerprint density at radius 3 is 2.71 bits per heavy atom. The van der Waals surface area contributed by atoms with Crippen LogP contribution in [0.3, 0.4) is 0 Å². The Balaban J connectivity index is 2.31. The molecular formula is C14H22N2O. The third kappa shape index (κ3) is 2.60. The summed E-state index contributed by atoms with van der Waals surface area (Å²) in [5.41, 5.74) is 3.15. The fraction of sp³-hybridized carbons (Fsp3) is 0.643. The first-order valence-corrected chi connectivity index (χ1v) is 6.59.